The quantitative estimate of drug-likeness (QED) is 0.597. The molecule has 0 saturated heterocycles. The molecule has 0 unspecified atom stereocenters. The fraction of sp³-hybridized carbons (Fsp3) is 0.273. The number of aromatic nitrogens is 3. The Morgan fingerprint density at radius 1 is 1.35 bits per heavy atom. The van der Waals surface area contributed by atoms with Gasteiger partial charge in [0.25, 0.3) is 0 Å². The van der Waals surface area contributed by atoms with Gasteiger partial charge >= 0.3 is 0 Å². The molecule has 1 aromatic heterocycles. The number of alkyl halides is 1. The molecular weight excluding hydrogens is 372 g/mol. The van der Waals surface area contributed by atoms with E-state index in [0.717, 1.165) is 32.8 Å². The van der Waals surface area contributed by atoms with Crippen LogP contribution in [0.3, 0.4) is 0 Å². The van der Waals surface area contributed by atoms with E-state index in [0.29, 0.717) is 5.88 Å². The van der Waals surface area contributed by atoms with E-state index >= 15 is 0 Å². The molecule has 0 amide bonds. The van der Waals surface area contributed by atoms with Crippen molar-refractivity contribution in [3.63, 3.8) is 0 Å². The van der Waals surface area contributed by atoms with Crippen LogP contribution in [-0.4, -0.2) is 20.9 Å². The first-order valence-corrected chi connectivity index (χ1v) is 7.12. The van der Waals surface area contributed by atoms with Crippen LogP contribution < -0.4 is 0 Å². The third kappa shape index (κ3) is 3.33. The Labute approximate surface area is 123 Å². The molecule has 0 N–H and O–H groups in total. The Balaban J connectivity index is 2.24. The highest BCUT2D eigenvalue weighted by molar-refractivity contribution is 14.1. The highest BCUT2D eigenvalue weighted by Gasteiger charge is 2.06. The number of aryl methyl sites for hydroxylation is 1. The molecule has 2 aromatic rings. The van der Waals surface area contributed by atoms with Crippen molar-refractivity contribution >= 4 is 45.8 Å². The molecule has 0 bridgehead atoms. The maximum absolute atomic E-state index is 5.91. The Bertz CT molecular complexity index is 513. The SMILES string of the molecule is ClCCCc1cn(-c2ccc(Cl)cc2I)nn1. The van der Waals surface area contributed by atoms with Gasteiger partial charge in [-0.05, 0) is 53.6 Å². The number of halogens is 3. The molecule has 3 nitrogen and oxygen atoms in total. The van der Waals surface area contributed by atoms with Gasteiger partial charge in [0.15, 0.2) is 0 Å². The van der Waals surface area contributed by atoms with Crippen LogP contribution in [0.1, 0.15) is 12.1 Å². The minimum absolute atomic E-state index is 0.644. The third-order valence-electron chi connectivity index (χ3n) is 2.26. The van der Waals surface area contributed by atoms with Crippen molar-refractivity contribution in [3.05, 3.63) is 38.7 Å². The third-order valence-corrected chi connectivity index (χ3v) is 3.63. The summed E-state index contributed by atoms with van der Waals surface area (Å²) in [6.07, 6.45) is 3.70. The zero-order chi connectivity index (χ0) is 12.3. The van der Waals surface area contributed by atoms with Gasteiger partial charge in [-0.15, -0.1) is 16.7 Å². The van der Waals surface area contributed by atoms with Crippen molar-refractivity contribution in [2.45, 2.75) is 12.8 Å². The average Bonchev–Trinajstić information content (AvgIpc) is 2.75. The summed E-state index contributed by atoms with van der Waals surface area (Å²) < 4.78 is 2.81. The summed E-state index contributed by atoms with van der Waals surface area (Å²) in [5.74, 6) is 0.644. The first-order chi connectivity index (χ1) is 8.20. The predicted octanol–water partition coefficient (Wildman–Crippen LogP) is 3.70. The maximum Gasteiger partial charge on any atom is 0.0832 e. The summed E-state index contributed by atoms with van der Waals surface area (Å²) in [6, 6.07) is 5.68. The largest absolute Gasteiger partial charge is 0.219 e. The summed E-state index contributed by atoms with van der Waals surface area (Å²) in [7, 11) is 0. The van der Waals surface area contributed by atoms with Gasteiger partial charge in [0.05, 0.1) is 17.6 Å². The molecule has 0 radical (unpaired) electrons. The molecule has 2 rings (SSSR count). The lowest BCUT2D eigenvalue weighted by molar-refractivity contribution is 0.789. The highest BCUT2D eigenvalue weighted by Crippen LogP contribution is 2.21. The van der Waals surface area contributed by atoms with Gasteiger partial charge in [-0.2, -0.15) is 0 Å². The Kier molecular flexibility index (Phi) is 4.64. The topological polar surface area (TPSA) is 30.7 Å². The van der Waals surface area contributed by atoms with E-state index in [4.69, 9.17) is 23.2 Å². The number of rotatable bonds is 4. The molecule has 0 aliphatic rings. The van der Waals surface area contributed by atoms with Gasteiger partial charge in [-0.3, -0.25) is 0 Å². The first kappa shape index (κ1) is 13.1. The lowest BCUT2D eigenvalue weighted by atomic mass is 10.3. The van der Waals surface area contributed by atoms with Crippen LogP contribution in [0.25, 0.3) is 5.69 Å². The molecule has 0 fully saturated rings. The number of nitrogens with zero attached hydrogens (tertiary/aromatic N) is 3. The second-order valence-corrected chi connectivity index (χ2v) is 5.52. The highest BCUT2D eigenvalue weighted by atomic mass is 127. The van der Waals surface area contributed by atoms with Crippen LogP contribution in [0.4, 0.5) is 0 Å². The van der Waals surface area contributed by atoms with Gasteiger partial charge in [-0.25, -0.2) is 4.68 Å². The molecule has 1 aromatic carbocycles. The lowest BCUT2D eigenvalue weighted by Gasteiger charge is -2.03. The second kappa shape index (κ2) is 6.02. The van der Waals surface area contributed by atoms with E-state index in [2.05, 4.69) is 32.9 Å². The van der Waals surface area contributed by atoms with Crippen LogP contribution in [0.2, 0.25) is 5.02 Å². The van der Waals surface area contributed by atoms with Crippen LogP contribution in [-0.2, 0) is 6.42 Å². The smallest absolute Gasteiger partial charge is 0.0832 e. The molecule has 0 spiro atoms. The monoisotopic (exact) mass is 381 g/mol. The predicted molar refractivity (Wildman–Crippen MR) is 78.1 cm³/mol. The molecule has 0 atom stereocenters. The Morgan fingerprint density at radius 3 is 2.88 bits per heavy atom. The van der Waals surface area contributed by atoms with Crippen molar-refractivity contribution < 1.29 is 0 Å². The van der Waals surface area contributed by atoms with E-state index in [9.17, 15) is 0 Å². The molecule has 90 valence electrons. The van der Waals surface area contributed by atoms with Gasteiger partial charge in [-0.1, -0.05) is 16.8 Å². The summed E-state index contributed by atoms with van der Waals surface area (Å²) in [6.45, 7) is 0. The fourth-order valence-corrected chi connectivity index (χ4v) is 2.70. The number of benzene rings is 1. The number of hydrogen-bond donors (Lipinski definition) is 0. The van der Waals surface area contributed by atoms with E-state index in [1.807, 2.05) is 24.4 Å². The van der Waals surface area contributed by atoms with Gasteiger partial charge in [0, 0.05) is 14.5 Å². The van der Waals surface area contributed by atoms with E-state index < -0.39 is 0 Å². The van der Waals surface area contributed by atoms with Gasteiger partial charge < -0.3 is 0 Å². The summed E-state index contributed by atoms with van der Waals surface area (Å²) in [5.41, 5.74) is 1.94. The van der Waals surface area contributed by atoms with Crippen molar-refractivity contribution in [2.24, 2.45) is 0 Å². The van der Waals surface area contributed by atoms with Gasteiger partial charge in [0.1, 0.15) is 0 Å². The van der Waals surface area contributed by atoms with Crippen molar-refractivity contribution in [1.82, 2.24) is 15.0 Å². The molecule has 0 aliphatic heterocycles. The van der Waals surface area contributed by atoms with Crippen LogP contribution in [0, 0.1) is 3.57 Å². The summed E-state index contributed by atoms with van der Waals surface area (Å²) in [5, 5.41) is 8.94. The zero-order valence-electron chi connectivity index (χ0n) is 8.91. The van der Waals surface area contributed by atoms with Crippen molar-refractivity contribution in [2.75, 3.05) is 5.88 Å². The summed E-state index contributed by atoms with van der Waals surface area (Å²) >= 11 is 13.8. The van der Waals surface area contributed by atoms with E-state index in [1.54, 1.807) is 4.68 Å². The van der Waals surface area contributed by atoms with E-state index in [-0.39, 0.29) is 0 Å². The average molecular weight is 382 g/mol. The minimum atomic E-state index is 0.644. The van der Waals surface area contributed by atoms with Crippen molar-refractivity contribution in [1.29, 1.82) is 0 Å². The Hall–Kier alpha value is -0.330. The minimum Gasteiger partial charge on any atom is -0.219 e. The first-order valence-electron chi connectivity index (χ1n) is 5.13. The zero-order valence-corrected chi connectivity index (χ0v) is 12.6. The molecule has 1 heterocycles. The van der Waals surface area contributed by atoms with Gasteiger partial charge in [0.2, 0.25) is 0 Å². The van der Waals surface area contributed by atoms with Crippen LogP contribution >= 0.6 is 45.8 Å². The Morgan fingerprint density at radius 2 is 2.18 bits per heavy atom. The fourth-order valence-electron chi connectivity index (χ4n) is 1.45. The standard InChI is InChI=1S/C11H10Cl2IN3/c12-5-1-2-9-7-17(16-15-9)11-4-3-8(13)6-10(11)14/h3-4,6-7H,1-2,5H2. The van der Waals surface area contributed by atoms with E-state index in [1.165, 1.54) is 0 Å². The molecule has 0 aliphatic carbocycles. The van der Waals surface area contributed by atoms with Crippen molar-refractivity contribution in [3.8, 4) is 5.69 Å². The molecule has 0 saturated carbocycles. The number of hydrogen-bond acceptors (Lipinski definition) is 2. The molecule has 17 heavy (non-hydrogen) atoms. The molecular formula is C11H10Cl2IN3. The molecule has 6 heteroatoms. The van der Waals surface area contributed by atoms with Crippen LogP contribution in [0.5, 0.6) is 0 Å². The second-order valence-electron chi connectivity index (χ2n) is 3.54. The lowest BCUT2D eigenvalue weighted by Crippen LogP contribution is -1.97. The van der Waals surface area contributed by atoms with Crippen LogP contribution in [0.15, 0.2) is 24.4 Å². The summed E-state index contributed by atoms with van der Waals surface area (Å²) in [4.78, 5) is 0. The normalized spacial score (nSPS) is 10.8. The maximum atomic E-state index is 5.91.